The van der Waals surface area contributed by atoms with E-state index in [1.165, 1.54) is 11.1 Å². The van der Waals surface area contributed by atoms with Crippen LogP contribution in [0.1, 0.15) is 31.4 Å². The minimum Gasteiger partial charge on any atom is -0.493 e. The number of ether oxygens (including phenoxy) is 3. The molecule has 0 spiro atoms. The minimum atomic E-state index is -0.201. The Balaban J connectivity index is 2.55. The van der Waals surface area contributed by atoms with Crippen LogP contribution in [0, 0.1) is 0 Å². The Hall–Kier alpha value is -1.22. The Morgan fingerprint density at radius 3 is 2.47 bits per heavy atom. The van der Waals surface area contributed by atoms with Gasteiger partial charge in [-0.25, -0.2) is 0 Å². The number of methoxy groups -OCH3 is 2. The van der Waals surface area contributed by atoms with Gasteiger partial charge in [0.1, 0.15) is 0 Å². The standard InChI is InChI=1S/C14H20O3/c1-5-14(2)11-9-13(16-4)12(15-3)8-10(11)6-7-17-14/h8-9H,5-7H2,1-4H3. The van der Waals surface area contributed by atoms with Gasteiger partial charge in [0.2, 0.25) is 0 Å². The van der Waals surface area contributed by atoms with Gasteiger partial charge in [-0.05, 0) is 43.0 Å². The largest absolute Gasteiger partial charge is 0.493 e. The van der Waals surface area contributed by atoms with E-state index < -0.39 is 0 Å². The van der Waals surface area contributed by atoms with Crippen LogP contribution >= 0.6 is 0 Å². The van der Waals surface area contributed by atoms with E-state index >= 15 is 0 Å². The van der Waals surface area contributed by atoms with Gasteiger partial charge in [-0.1, -0.05) is 6.92 Å². The van der Waals surface area contributed by atoms with Crippen molar-refractivity contribution in [1.82, 2.24) is 0 Å². The first-order chi connectivity index (χ1) is 8.14. The molecule has 1 unspecified atom stereocenters. The van der Waals surface area contributed by atoms with Crippen molar-refractivity contribution in [2.24, 2.45) is 0 Å². The third-order valence-corrected chi connectivity index (χ3v) is 3.65. The molecule has 0 fully saturated rings. The molecule has 1 heterocycles. The molecule has 1 aliphatic heterocycles. The van der Waals surface area contributed by atoms with Crippen LogP contribution in [0.15, 0.2) is 12.1 Å². The van der Waals surface area contributed by atoms with Gasteiger partial charge in [0.15, 0.2) is 11.5 Å². The van der Waals surface area contributed by atoms with Gasteiger partial charge in [0.25, 0.3) is 0 Å². The summed E-state index contributed by atoms with van der Waals surface area (Å²) in [6.45, 7) is 5.05. The molecule has 0 saturated heterocycles. The smallest absolute Gasteiger partial charge is 0.161 e. The number of hydrogen-bond donors (Lipinski definition) is 0. The summed E-state index contributed by atoms with van der Waals surface area (Å²) in [6, 6.07) is 4.13. The lowest BCUT2D eigenvalue weighted by atomic mass is 9.85. The Morgan fingerprint density at radius 1 is 1.24 bits per heavy atom. The Bertz CT molecular complexity index is 414. The summed E-state index contributed by atoms with van der Waals surface area (Å²) in [6.07, 6.45) is 1.89. The molecule has 17 heavy (non-hydrogen) atoms. The van der Waals surface area contributed by atoms with E-state index in [0.717, 1.165) is 30.9 Å². The van der Waals surface area contributed by atoms with E-state index in [4.69, 9.17) is 14.2 Å². The lowest BCUT2D eigenvalue weighted by Crippen LogP contribution is -2.32. The first-order valence-electron chi connectivity index (χ1n) is 6.04. The van der Waals surface area contributed by atoms with Crippen LogP contribution in [0.5, 0.6) is 11.5 Å². The molecule has 0 N–H and O–H groups in total. The highest BCUT2D eigenvalue weighted by Gasteiger charge is 2.32. The van der Waals surface area contributed by atoms with Gasteiger partial charge in [-0.3, -0.25) is 0 Å². The highest BCUT2D eigenvalue weighted by molar-refractivity contribution is 5.50. The first-order valence-corrected chi connectivity index (χ1v) is 6.04. The Morgan fingerprint density at radius 2 is 1.88 bits per heavy atom. The molecule has 1 atom stereocenters. The van der Waals surface area contributed by atoms with Crippen molar-refractivity contribution in [3.8, 4) is 11.5 Å². The SMILES string of the molecule is CCC1(C)OCCc2cc(OC)c(OC)cc21. The van der Waals surface area contributed by atoms with Crippen molar-refractivity contribution >= 4 is 0 Å². The van der Waals surface area contributed by atoms with E-state index in [1.54, 1.807) is 14.2 Å². The summed E-state index contributed by atoms with van der Waals surface area (Å²) in [5, 5.41) is 0. The summed E-state index contributed by atoms with van der Waals surface area (Å²) in [5.74, 6) is 1.57. The summed E-state index contributed by atoms with van der Waals surface area (Å²) in [7, 11) is 3.33. The van der Waals surface area contributed by atoms with Crippen LogP contribution in [0.3, 0.4) is 0 Å². The third-order valence-electron chi connectivity index (χ3n) is 3.65. The van der Waals surface area contributed by atoms with Crippen molar-refractivity contribution in [3.05, 3.63) is 23.3 Å². The molecular formula is C14H20O3. The second kappa shape index (κ2) is 4.57. The van der Waals surface area contributed by atoms with E-state index in [-0.39, 0.29) is 5.60 Å². The summed E-state index contributed by atoms with van der Waals surface area (Å²) < 4.78 is 16.6. The average Bonchev–Trinajstić information content (AvgIpc) is 2.37. The zero-order valence-electron chi connectivity index (χ0n) is 11.0. The predicted octanol–water partition coefficient (Wildman–Crippen LogP) is 2.90. The van der Waals surface area contributed by atoms with Crippen LogP contribution in [0.2, 0.25) is 0 Å². The molecule has 0 amide bonds. The lowest BCUT2D eigenvalue weighted by molar-refractivity contribution is -0.0490. The van der Waals surface area contributed by atoms with E-state index in [1.807, 2.05) is 0 Å². The summed E-state index contributed by atoms with van der Waals surface area (Å²) in [5.41, 5.74) is 2.33. The van der Waals surface area contributed by atoms with Crippen molar-refractivity contribution in [3.63, 3.8) is 0 Å². The maximum absolute atomic E-state index is 5.92. The Kier molecular flexibility index (Phi) is 3.29. The second-order valence-electron chi connectivity index (χ2n) is 4.55. The van der Waals surface area contributed by atoms with E-state index in [0.29, 0.717) is 0 Å². The van der Waals surface area contributed by atoms with Crippen molar-refractivity contribution < 1.29 is 14.2 Å². The maximum Gasteiger partial charge on any atom is 0.161 e. The van der Waals surface area contributed by atoms with E-state index in [9.17, 15) is 0 Å². The second-order valence-corrected chi connectivity index (χ2v) is 4.55. The molecular weight excluding hydrogens is 216 g/mol. The highest BCUT2D eigenvalue weighted by atomic mass is 16.5. The van der Waals surface area contributed by atoms with E-state index in [2.05, 4.69) is 26.0 Å². The molecule has 0 bridgehead atoms. The fourth-order valence-corrected chi connectivity index (χ4v) is 2.38. The lowest BCUT2D eigenvalue weighted by Gasteiger charge is -2.36. The van der Waals surface area contributed by atoms with Gasteiger partial charge < -0.3 is 14.2 Å². The normalized spacial score (nSPS) is 23.1. The van der Waals surface area contributed by atoms with Crippen molar-refractivity contribution in [2.75, 3.05) is 20.8 Å². The van der Waals surface area contributed by atoms with Crippen LogP contribution < -0.4 is 9.47 Å². The number of rotatable bonds is 3. The molecule has 1 aromatic rings. The summed E-state index contributed by atoms with van der Waals surface area (Å²) in [4.78, 5) is 0. The average molecular weight is 236 g/mol. The van der Waals surface area contributed by atoms with Gasteiger partial charge in [0.05, 0.1) is 26.4 Å². The molecule has 0 radical (unpaired) electrons. The van der Waals surface area contributed by atoms with Crippen LogP contribution in [-0.4, -0.2) is 20.8 Å². The molecule has 0 aromatic heterocycles. The first kappa shape index (κ1) is 12.2. The molecule has 0 saturated carbocycles. The highest BCUT2D eigenvalue weighted by Crippen LogP contribution is 2.41. The zero-order chi connectivity index (χ0) is 12.5. The Labute approximate surface area is 103 Å². The number of fused-ring (bicyclic) bond motifs is 1. The van der Waals surface area contributed by atoms with Gasteiger partial charge in [0, 0.05) is 0 Å². The molecule has 94 valence electrons. The predicted molar refractivity (Wildman–Crippen MR) is 66.8 cm³/mol. The zero-order valence-corrected chi connectivity index (χ0v) is 11.0. The van der Waals surface area contributed by atoms with Crippen molar-refractivity contribution in [1.29, 1.82) is 0 Å². The summed E-state index contributed by atoms with van der Waals surface area (Å²) >= 11 is 0. The van der Waals surface area contributed by atoms with Gasteiger partial charge in [-0.15, -0.1) is 0 Å². The molecule has 3 heteroatoms. The minimum absolute atomic E-state index is 0.201. The molecule has 1 aliphatic rings. The third kappa shape index (κ3) is 2.00. The molecule has 1 aromatic carbocycles. The monoisotopic (exact) mass is 236 g/mol. The molecule has 3 nitrogen and oxygen atoms in total. The quantitative estimate of drug-likeness (QED) is 0.807. The maximum atomic E-state index is 5.92. The number of hydrogen-bond acceptors (Lipinski definition) is 3. The fraction of sp³-hybridized carbons (Fsp3) is 0.571. The number of benzene rings is 1. The van der Waals surface area contributed by atoms with Crippen LogP contribution in [0.4, 0.5) is 0 Å². The van der Waals surface area contributed by atoms with Gasteiger partial charge in [-0.2, -0.15) is 0 Å². The van der Waals surface area contributed by atoms with Crippen LogP contribution in [-0.2, 0) is 16.8 Å². The topological polar surface area (TPSA) is 27.7 Å². The molecule has 0 aliphatic carbocycles. The van der Waals surface area contributed by atoms with Crippen LogP contribution in [0.25, 0.3) is 0 Å². The van der Waals surface area contributed by atoms with Crippen molar-refractivity contribution in [2.45, 2.75) is 32.3 Å². The molecule has 2 rings (SSSR count). The van der Waals surface area contributed by atoms with Gasteiger partial charge >= 0.3 is 0 Å². The fourth-order valence-electron chi connectivity index (χ4n) is 2.38.